The van der Waals surface area contributed by atoms with Crippen LogP contribution in [-0.4, -0.2) is 13.7 Å². The van der Waals surface area contributed by atoms with E-state index in [-0.39, 0.29) is 21.2 Å². The van der Waals surface area contributed by atoms with Crippen LogP contribution in [0.15, 0.2) is 30.3 Å². The van der Waals surface area contributed by atoms with Crippen molar-refractivity contribution in [2.45, 2.75) is 0 Å². The van der Waals surface area contributed by atoms with Crippen molar-refractivity contribution >= 4 is 0 Å². The summed E-state index contributed by atoms with van der Waals surface area (Å²) < 4.78 is 9.32. The van der Waals surface area contributed by atoms with E-state index >= 15 is 0 Å². The Morgan fingerprint density at radius 1 is 1.33 bits per heavy atom. The van der Waals surface area contributed by atoms with Gasteiger partial charge in [0.15, 0.2) is 3.93 Å². The lowest BCUT2D eigenvalue weighted by Crippen LogP contribution is -3.59. The first-order valence-corrected chi connectivity index (χ1v) is 5.75. The monoisotopic (exact) mass is 273 g/mol. The van der Waals surface area contributed by atoms with Gasteiger partial charge < -0.3 is 4.74 Å². The van der Waals surface area contributed by atoms with Crippen LogP contribution in [0.3, 0.4) is 0 Å². The number of halogens is 1. The fraction of sp³-hybridized carbons (Fsp3) is 0.200. The Hall–Kier alpha value is -0.530. The van der Waals surface area contributed by atoms with E-state index in [2.05, 4.69) is 22.0 Å². The van der Waals surface area contributed by atoms with Gasteiger partial charge in [-0.1, -0.05) is 18.2 Å². The molecule has 1 rings (SSSR count). The lowest BCUT2D eigenvalue weighted by molar-refractivity contribution is -0.535. The third-order valence-corrected chi connectivity index (χ3v) is 3.17. The van der Waals surface area contributed by atoms with Gasteiger partial charge in [0.2, 0.25) is 3.57 Å². The van der Waals surface area contributed by atoms with Crippen LogP contribution in [0.4, 0.5) is 0 Å². The van der Waals surface area contributed by atoms with Crippen LogP contribution in [0.1, 0.15) is 0 Å². The molecular weight excluding hydrogens is 263 g/mol. The highest BCUT2D eigenvalue weighted by atomic mass is 127. The molecule has 0 fully saturated rings. The number of methoxy groups -OCH3 is 1. The van der Waals surface area contributed by atoms with Gasteiger partial charge in [0.05, 0.1) is 0 Å². The van der Waals surface area contributed by atoms with Crippen molar-refractivity contribution in [3.8, 4) is 9.85 Å². The minimum Gasteiger partial charge on any atom is -0.372 e. The molecule has 62 valence electrons. The molecule has 1 nitrogen and oxygen atoms in total. The molecule has 0 spiro atoms. The molecule has 0 saturated heterocycles. The van der Waals surface area contributed by atoms with E-state index in [1.807, 2.05) is 18.2 Å². The summed E-state index contributed by atoms with van der Waals surface area (Å²) >= 11 is -0.127. The summed E-state index contributed by atoms with van der Waals surface area (Å²) in [6.07, 6.45) is 0. The molecule has 0 aromatic heterocycles. The molecular formula is C10H10IO+. The summed E-state index contributed by atoms with van der Waals surface area (Å²) in [5.74, 6) is 2.96. The SMILES string of the molecule is COCC#C[I+]c1ccccc1. The van der Waals surface area contributed by atoms with E-state index < -0.39 is 0 Å². The maximum Gasteiger partial charge on any atom is 0.419 e. The van der Waals surface area contributed by atoms with Gasteiger partial charge in [0.1, 0.15) is 6.61 Å². The van der Waals surface area contributed by atoms with E-state index in [0.717, 1.165) is 0 Å². The van der Waals surface area contributed by atoms with E-state index in [4.69, 9.17) is 4.74 Å². The molecule has 0 atom stereocenters. The van der Waals surface area contributed by atoms with Crippen LogP contribution in [0.25, 0.3) is 0 Å². The first-order valence-electron chi connectivity index (χ1n) is 3.59. The number of ether oxygens (including phenoxy) is 1. The third kappa shape index (κ3) is 3.74. The topological polar surface area (TPSA) is 9.23 Å². The second kappa shape index (κ2) is 6.04. The van der Waals surface area contributed by atoms with Crippen molar-refractivity contribution in [3.63, 3.8) is 0 Å². The number of hydrogen-bond acceptors (Lipinski definition) is 1. The van der Waals surface area contributed by atoms with Gasteiger partial charge in [-0.25, -0.2) is 0 Å². The summed E-state index contributed by atoms with van der Waals surface area (Å²) in [4.78, 5) is 0. The van der Waals surface area contributed by atoms with Gasteiger partial charge >= 0.3 is 21.2 Å². The molecule has 0 aliphatic rings. The van der Waals surface area contributed by atoms with Crippen molar-refractivity contribution in [2.24, 2.45) is 0 Å². The fourth-order valence-corrected chi connectivity index (χ4v) is 2.10. The number of rotatable bonds is 2. The largest absolute Gasteiger partial charge is 0.419 e. The van der Waals surface area contributed by atoms with Crippen LogP contribution < -0.4 is 21.2 Å². The highest BCUT2D eigenvalue weighted by Crippen LogP contribution is 1.81. The standard InChI is InChI=1S/C10H10IO/c1-12-9-5-8-11-10-6-3-2-4-7-10/h2-4,6-7H,9H2,1H3/q+1. The smallest absolute Gasteiger partial charge is 0.372 e. The second-order valence-corrected chi connectivity index (χ2v) is 4.42. The van der Waals surface area contributed by atoms with Crippen molar-refractivity contribution in [1.82, 2.24) is 0 Å². The molecule has 1 aromatic rings. The molecule has 0 saturated carbocycles. The van der Waals surface area contributed by atoms with Gasteiger partial charge in [-0.05, 0) is 18.1 Å². The maximum absolute atomic E-state index is 4.82. The quantitative estimate of drug-likeness (QED) is 0.473. The predicted molar refractivity (Wildman–Crippen MR) is 44.8 cm³/mol. The van der Waals surface area contributed by atoms with Gasteiger partial charge in [-0.3, -0.25) is 0 Å². The summed E-state index contributed by atoms with van der Waals surface area (Å²) in [6, 6.07) is 10.4. The predicted octanol–water partition coefficient (Wildman–Crippen LogP) is -1.45. The molecule has 0 heterocycles. The molecule has 0 aliphatic carbocycles. The maximum atomic E-state index is 4.82. The molecule has 0 aliphatic heterocycles. The van der Waals surface area contributed by atoms with E-state index in [0.29, 0.717) is 6.61 Å². The van der Waals surface area contributed by atoms with E-state index in [1.165, 1.54) is 3.57 Å². The lowest BCUT2D eigenvalue weighted by Gasteiger charge is -1.78. The Balaban J connectivity index is 2.40. The van der Waals surface area contributed by atoms with Crippen molar-refractivity contribution in [3.05, 3.63) is 33.9 Å². The Kier molecular flexibility index (Phi) is 4.81. The minimum atomic E-state index is -0.127. The molecule has 0 bridgehead atoms. The molecule has 12 heavy (non-hydrogen) atoms. The average molecular weight is 273 g/mol. The van der Waals surface area contributed by atoms with Crippen molar-refractivity contribution in [2.75, 3.05) is 13.7 Å². The number of hydrogen-bond donors (Lipinski definition) is 0. The molecule has 0 unspecified atom stereocenters. The summed E-state index contributed by atoms with van der Waals surface area (Å²) in [5.41, 5.74) is 0. The fourth-order valence-electron chi connectivity index (χ4n) is 0.665. The van der Waals surface area contributed by atoms with Crippen LogP contribution in [0.2, 0.25) is 0 Å². The van der Waals surface area contributed by atoms with Gasteiger partial charge in [-0.2, -0.15) is 0 Å². The first kappa shape index (κ1) is 9.56. The Labute approximate surface area is 83.4 Å². The average Bonchev–Trinajstić information content (AvgIpc) is 2.14. The summed E-state index contributed by atoms with van der Waals surface area (Å²) in [6.45, 7) is 0.548. The minimum absolute atomic E-state index is 0.127. The zero-order valence-electron chi connectivity index (χ0n) is 6.88. The Bertz CT molecular complexity index is 271. The van der Waals surface area contributed by atoms with Crippen LogP contribution in [0.5, 0.6) is 0 Å². The molecule has 2 heteroatoms. The molecule has 0 amide bonds. The Morgan fingerprint density at radius 3 is 2.75 bits per heavy atom. The second-order valence-electron chi connectivity index (χ2n) is 2.09. The zero-order valence-corrected chi connectivity index (χ0v) is 9.04. The normalized spacial score (nSPS) is 8.75. The highest BCUT2D eigenvalue weighted by molar-refractivity contribution is 5.00. The van der Waals surface area contributed by atoms with Crippen LogP contribution >= 0.6 is 0 Å². The first-order chi connectivity index (χ1) is 5.93. The van der Waals surface area contributed by atoms with Crippen LogP contribution in [0, 0.1) is 13.4 Å². The summed E-state index contributed by atoms with van der Waals surface area (Å²) in [7, 11) is 1.66. The van der Waals surface area contributed by atoms with Crippen molar-refractivity contribution in [1.29, 1.82) is 0 Å². The lowest BCUT2D eigenvalue weighted by atomic mass is 10.4. The van der Waals surface area contributed by atoms with Gasteiger partial charge in [-0.15, -0.1) is 0 Å². The number of benzene rings is 1. The molecule has 1 aromatic carbocycles. The van der Waals surface area contributed by atoms with Crippen molar-refractivity contribution < 1.29 is 25.9 Å². The van der Waals surface area contributed by atoms with E-state index in [9.17, 15) is 0 Å². The molecule has 0 N–H and O–H groups in total. The third-order valence-electron chi connectivity index (χ3n) is 1.17. The summed E-state index contributed by atoms with van der Waals surface area (Å²) in [5, 5.41) is 0. The zero-order chi connectivity index (χ0) is 8.65. The van der Waals surface area contributed by atoms with E-state index in [1.54, 1.807) is 7.11 Å². The molecule has 0 radical (unpaired) electrons. The van der Waals surface area contributed by atoms with Crippen LogP contribution in [-0.2, 0) is 4.74 Å². The highest BCUT2D eigenvalue weighted by Gasteiger charge is 2.05. The van der Waals surface area contributed by atoms with Gasteiger partial charge in [0, 0.05) is 7.11 Å². The van der Waals surface area contributed by atoms with Gasteiger partial charge in [0.25, 0.3) is 0 Å². The Morgan fingerprint density at radius 2 is 2.08 bits per heavy atom.